The fourth-order valence-corrected chi connectivity index (χ4v) is 3.55. The molecule has 0 aliphatic rings. The van der Waals surface area contributed by atoms with Crippen LogP contribution in [0.3, 0.4) is 0 Å². The molecule has 5 nitrogen and oxygen atoms in total. The number of nitrogens with zero attached hydrogens (tertiary/aromatic N) is 1. The van der Waals surface area contributed by atoms with Crippen LogP contribution in [-0.4, -0.2) is 40.0 Å². The molecule has 1 atom stereocenters. The first-order valence-electron chi connectivity index (χ1n) is 6.42. The lowest BCUT2D eigenvalue weighted by Crippen LogP contribution is -2.35. The molecule has 0 fully saturated rings. The SMILES string of the molecule is CC(CCN(C)C)NS(=O)(=O)c1cc(CN)ccc1Cl. The Morgan fingerprint density at radius 3 is 2.60 bits per heavy atom. The minimum atomic E-state index is -3.63. The van der Waals surface area contributed by atoms with Crippen LogP contribution in [0, 0.1) is 0 Å². The summed E-state index contributed by atoms with van der Waals surface area (Å²) in [5, 5.41) is 0.203. The zero-order valence-corrected chi connectivity index (χ0v) is 13.6. The normalized spacial score (nSPS) is 13.7. The molecule has 20 heavy (non-hydrogen) atoms. The molecule has 0 aliphatic carbocycles. The number of sulfonamides is 1. The van der Waals surface area contributed by atoms with Crippen molar-refractivity contribution >= 4 is 21.6 Å². The number of hydrogen-bond donors (Lipinski definition) is 2. The molecular formula is C13H22ClN3O2S. The van der Waals surface area contributed by atoms with E-state index in [0.29, 0.717) is 0 Å². The summed E-state index contributed by atoms with van der Waals surface area (Å²) in [7, 11) is 0.268. The van der Waals surface area contributed by atoms with Crippen molar-refractivity contribution in [2.75, 3.05) is 20.6 Å². The first-order valence-corrected chi connectivity index (χ1v) is 8.28. The third kappa shape index (κ3) is 5.03. The van der Waals surface area contributed by atoms with Gasteiger partial charge < -0.3 is 10.6 Å². The van der Waals surface area contributed by atoms with Crippen molar-refractivity contribution in [1.82, 2.24) is 9.62 Å². The number of benzene rings is 1. The van der Waals surface area contributed by atoms with E-state index in [0.717, 1.165) is 18.5 Å². The summed E-state index contributed by atoms with van der Waals surface area (Å²) in [5.41, 5.74) is 6.26. The fourth-order valence-electron chi connectivity index (χ4n) is 1.72. The van der Waals surface area contributed by atoms with E-state index >= 15 is 0 Å². The molecule has 1 aromatic carbocycles. The first-order chi connectivity index (χ1) is 9.26. The van der Waals surface area contributed by atoms with E-state index in [1.165, 1.54) is 6.07 Å². The molecule has 0 spiro atoms. The smallest absolute Gasteiger partial charge is 0.242 e. The van der Waals surface area contributed by atoms with Crippen molar-refractivity contribution in [2.45, 2.75) is 30.8 Å². The van der Waals surface area contributed by atoms with Crippen molar-refractivity contribution in [3.05, 3.63) is 28.8 Å². The monoisotopic (exact) mass is 319 g/mol. The van der Waals surface area contributed by atoms with Crippen LogP contribution >= 0.6 is 11.6 Å². The molecule has 0 aliphatic heterocycles. The predicted octanol–water partition coefficient (Wildman–Crippen LogP) is 1.42. The third-order valence-corrected chi connectivity index (χ3v) is 4.96. The molecule has 0 heterocycles. The highest BCUT2D eigenvalue weighted by molar-refractivity contribution is 7.89. The molecule has 0 radical (unpaired) electrons. The maximum absolute atomic E-state index is 12.3. The second-order valence-corrected chi connectivity index (χ2v) is 7.17. The van der Waals surface area contributed by atoms with E-state index in [-0.39, 0.29) is 22.5 Å². The van der Waals surface area contributed by atoms with E-state index in [4.69, 9.17) is 17.3 Å². The van der Waals surface area contributed by atoms with Gasteiger partial charge in [-0.25, -0.2) is 13.1 Å². The molecule has 1 rings (SSSR count). The molecule has 1 aromatic rings. The molecule has 1 unspecified atom stereocenters. The quantitative estimate of drug-likeness (QED) is 0.797. The highest BCUT2D eigenvalue weighted by atomic mass is 35.5. The topological polar surface area (TPSA) is 75.4 Å². The lowest BCUT2D eigenvalue weighted by molar-refractivity contribution is 0.379. The lowest BCUT2D eigenvalue weighted by Gasteiger charge is -2.17. The second-order valence-electron chi connectivity index (χ2n) is 5.08. The van der Waals surface area contributed by atoms with Crippen LogP contribution in [0.25, 0.3) is 0 Å². The summed E-state index contributed by atoms with van der Waals surface area (Å²) in [6.07, 6.45) is 0.723. The molecule has 0 saturated carbocycles. The Labute approximate surface area is 126 Å². The molecule has 0 aromatic heterocycles. The van der Waals surface area contributed by atoms with Gasteiger partial charge in [-0.2, -0.15) is 0 Å². The molecule has 7 heteroatoms. The Kier molecular flexibility index (Phi) is 6.42. The lowest BCUT2D eigenvalue weighted by atomic mass is 10.2. The van der Waals surface area contributed by atoms with Crippen LogP contribution in [0.1, 0.15) is 18.9 Å². The zero-order valence-electron chi connectivity index (χ0n) is 12.1. The zero-order chi connectivity index (χ0) is 15.3. The second kappa shape index (κ2) is 7.38. The van der Waals surface area contributed by atoms with Gasteiger partial charge in [0.1, 0.15) is 4.90 Å². The summed E-state index contributed by atoms with van der Waals surface area (Å²) in [6, 6.07) is 4.63. The Morgan fingerprint density at radius 2 is 2.05 bits per heavy atom. The summed E-state index contributed by atoms with van der Waals surface area (Å²) in [6.45, 7) is 2.91. The van der Waals surface area contributed by atoms with Gasteiger partial charge in [-0.1, -0.05) is 17.7 Å². The maximum Gasteiger partial charge on any atom is 0.242 e. The number of nitrogens with two attached hydrogens (primary N) is 1. The average molecular weight is 320 g/mol. The summed E-state index contributed by atoms with van der Waals surface area (Å²) >= 11 is 5.98. The highest BCUT2D eigenvalue weighted by Crippen LogP contribution is 2.22. The minimum Gasteiger partial charge on any atom is -0.326 e. The van der Waals surface area contributed by atoms with Crippen LogP contribution in [0.2, 0.25) is 5.02 Å². The third-order valence-electron chi connectivity index (χ3n) is 2.89. The standard InChI is InChI=1S/C13H22ClN3O2S/c1-10(6-7-17(2)3)16-20(18,19)13-8-11(9-15)4-5-12(13)14/h4-5,8,10,16H,6-7,9,15H2,1-3H3. The van der Waals surface area contributed by atoms with Gasteiger partial charge in [0.05, 0.1) is 5.02 Å². The average Bonchev–Trinajstić information content (AvgIpc) is 2.36. The molecule has 0 amide bonds. The van der Waals surface area contributed by atoms with Gasteiger partial charge >= 0.3 is 0 Å². The number of hydrogen-bond acceptors (Lipinski definition) is 4. The molecule has 0 saturated heterocycles. The Morgan fingerprint density at radius 1 is 1.40 bits per heavy atom. The largest absolute Gasteiger partial charge is 0.326 e. The van der Waals surface area contributed by atoms with Gasteiger partial charge in [0, 0.05) is 12.6 Å². The molecule has 114 valence electrons. The minimum absolute atomic E-state index is 0.0822. The van der Waals surface area contributed by atoms with E-state index in [9.17, 15) is 8.42 Å². The van der Waals surface area contributed by atoms with E-state index < -0.39 is 10.0 Å². The van der Waals surface area contributed by atoms with Crippen molar-refractivity contribution < 1.29 is 8.42 Å². The molecule has 0 bridgehead atoms. The Bertz CT molecular complexity index is 547. The summed E-state index contributed by atoms with van der Waals surface area (Å²) in [4.78, 5) is 2.09. The fraction of sp³-hybridized carbons (Fsp3) is 0.538. The van der Waals surface area contributed by atoms with Crippen molar-refractivity contribution in [3.63, 3.8) is 0 Å². The van der Waals surface area contributed by atoms with Gasteiger partial charge in [-0.3, -0.25) is 0 Å². The van der Waals surface area contributed by atoms with Gasteiger partial charge in [0.2, 0.25) is 10.0 Å². The van der Waals surface area contributed by atoms with Gasteiger partial charge in [-0.05, 0) is 51.7 Å². The van der Waals surface area contributed by atoms with Crippen LogP contribution < -0.4 is 10.5 Å². The molecular weight excluding hydrogens is 298 g/mol. The van der Waals surface area contributed by atoms with E-state index in [2.05, 4.69) is 4.72 Å². The number of halogens is 1. The van der Waals surface area contributed by atoms with Crippen LogP contribution in [0.15, 0.2) is 23.1 Å². The van der Waals surface area contributed by atoms with Crippen LogP contribution in [0.4, 0.5) is 0 Å². The predicted molar refractivity (Wildman–Crippen MR) is 82.3 cm³/mol. The Hall–Kier alpha value is -0.660. The van der Waals surface area contributed by atoms with E-state index in [1.54, 1.807) is 12.1 Å². The van der Waals surface area contributed by atoms with Crippen LogP contribution in [0.5, 0.6) is 0 Å². The number of nitrogens with one attached hydrogen (secondary N) is 1. The van der Waals surface area contributed by atoms with Gasteiger partial charge in [0.15, 0.2) is 0 Å². The highest BCUT2D eigenvalue weighted by Gasteiger charge is 2.20. The van der Waals surface area contributed by atoms with Crippen LogP contribution in [-0.2, 0) is 16.6 Å². The Balaban J connectivity index is 2.88. The van der Waals surface area contributed by atoms with E-state index in [1.807, 2.05) is 25.9 Å². The van der Waals surface area contributed by atoms with Gasteiger partial charge in [0.25, 0.3) is 0 Å². The van der Waals surface area contributed by atoms with Crippen molar-refractivity contribution in [1.29, 1.82) is 0 Å². The van der Waals surface area contributed by atoms with Crippen molar-refractivity contribution in [3.8, 4) is 0 Å². The maximum atomic E-state index is 12.3. The summed E-state index contributed by atoms with van der Waals surface area (Å²) in [5.74, 6) is 0. The van der Waals surface area contributed by atoms with Gasteiger partial charge in [-0.15, -0.1) is 0 Å². The van der Waals surface area contributed by atoms with Crippen molar-refractivity contribution in [2.24, 2.45) is 5.73 Å². The number of rotatable bonds is 7. The molecule has 3 N–H and O–H groups in total. The first kappa shape index (κ1) is 17.4. The summed E-state index contributed by atoms with van der Waals surface area (Å²) < 4.78 is 27.3.